The van der Waals surface area contributed by atoms with Crippen molar-refractivity contribution in [1.29, 1.82) is 0 Å². The van der Waals surface area contributed by atoms with E-state index in [2.05, 4.69) is 4.98 Å². The number of ether oxygens (including phenoxy) is 2. The number of aromatic amines is 1. The molecule has 124 valence electrons. The van der Waals surface area contributed by atoms with Crippen LogP contribution in [0, 0.1) is 5.82 Å². The summed E-state index contributed by atoms with van der Waals surface area (Å²) in [6, 6.07) is 6.83. The number of carbonyl (C=O) groups excluding carboxylic acids is 1. The summed E-state index contributed by atoms with van der Waals surface area (Å²) in [7, 11) is 1.51. The number of esters is 1. The standard InChI is InChI=1S/C17H15FN2O4/c1-3-24-17(22)12-8-19-15-14(18)13(9-20(15)16(12)21)10-5-4-6-11(7-10)23-2/h4-9,19H,3H2,1-2H3. The molecule has 1 aromatic carbocycles. The van der Waals surface area contributed by atoms with Gasteiger partial charge in [-0.1, -0.05) is 12.1 Å². The Morgan fingerprint density at radius 1 is 1.38 bits per heavy atom. The zero-order valence-corrected chi connectivity index (χ0v) is 13.1. The van der Waals surface area contributed by atoms with Crippen LogP contribution in [0.15, 0.2) is 41.5 Å². The normalized spacial score (nSPS) is 10.8. The summed E-state index contributed by atoms with van der Waals surface area (Å²) in [5.41, 5.74) is -0.0676. The third kappa shape index (κ3) is 2.54. The molecule has 3 aromatic rings. The van der Waals surface area contributed by atoms with Crippen molar-refractivity contribution in [3.63, 3.8) is 0 Å². The minimum atomic E-state index is -0.752. The predicted octanol–water partition coefficient (Wildman–Crippen LogP) is 2.62. The fourth-order valence-electron chi connectivity index (χ4n) is 2.46. The lowest BCUT2D eigenvalue weighted by atomic mass is 10.1. The quantitative estimate of drug-likeness (QED) is 0.746. The number of hydrogen-bond donors (Lipinski definition) is 1. The number of fused-ring (bicyclic) bond motifs is 1. The topological polar surface area (TPSA) is 72.8 Å². The molecule has 0 aliphatic carbocycles. The van der Waals surface area contributed by atoms with E-state index in [1.165, 1.54) is 13.3 Å². The second-order valence-electron chi connectivity index (χ2n) is 5.04. The maximum absolute atomic E-state index is 14.7. The van der Waals surface area contributed by atoms with E-state index in [-0.39, 0.29) is 23.4 Å². The van der Waals surface area contributed by atoms with Gasteiger partial charge in [0.25, 0.3) is 5.56 Å². The molecule has 7 heteroatoms. The zero-order chi connectivity index (χ0) is 17.3. The van der Waals surface area contributed by atoms with Crippen LogP contribution in [-0.4, -0.2) is 29.1 Å². The molecule has 0 amide bonds. The number of aromatic nitrogens is 2. The van der Waals surface area contributed by atoms with E-state index in [9.17, 15) is 14.0 Å². The molecule has 0 fully saturated rings. The van der Waals surface area contributed by atoms with Gasteiger partial charge in [-0.05, 0) is 24.6 Å². The van der Waals surface area contributed by atoms with Crippen molar-refractivity contribution >= 4 is 11.6 Å². The third-order valence-electron chi connectivity index (χ3n) is 3.62. The van der Waals surface area contributed by atoms with E-state index in [0.29, 0.717) is 11.3 Å². The Balaban J connectivity index is 2.18. The zero-order valence-electron chi connectivity index (χ0n) is 13.1. The summed E-state index contributed by atoms with van der Waals surface area (Å²) >= 11 is 0. The first-order valence-electron chi connectivity index (χ1n) is 7.30. The first-order valence-corrected chi connectivity index (χ1v) is 7.30. The van der Waals surface area contributed by atoms with Gasteiger partial charge in [-0.25, -0.2) is 9.18 Å². The summed E-state index contributed by atoms with van der Waals surface area (Å²) in [5.74, 6) is -0.769. The van der Waals surface area contributed by atoms with Gasteiger partial charge < -0.3 is 14.5 Å². The van der Waals surface area contributed by atoms with Crippen LogP contribution in [0.1, 0.15) is 17.3 Å². The maximum Gasteiger partial charge on any atom is 0.345 e. The van der Waals surface area contributed by atoms with Crippen LogP contribution >= 0.6 is 0 Å². The van der Waals surface area contributed by atoms with Gasteiger partial charge in [0.05, 0.1) is 13.7 Å². The van der Waals surface area contributed by atoms with Crippen LogP contribution in [0.4, 0.5) is 4.39 Å². The van der Waals surface area contributed by atoms with E-state index >= 15 is 0 Å². The molecule has 0 aliphatic heterocycles. The van der Waals surface area contributed by atoms with Crippen molar-refractivity contribution in [3.8, 4) is 16.9 Å². The lowest BCUT2D eigenvalue weighted by Gasteiger charge is -2.02. The molecule has 0 spiro atoms. The van der Waals surface area contributed by atoms with E-state index in [1.807, 2.05) is 0 Å². The smallest absolute Gasteiger partial charge is 0.345 e. The number of halogens is 1. The number of H-pyrrole nitrogens is 1. The van der Waals surface area contributed by atoms with Gasteiger partial charge in [0.1, 0.15) is 11.3 Å². The van der Waals surface area contributed by atoms with Crippen LogP contribution in [-0.2, 0) is 4.74 Å². The number of nitrogens with zero attached hydrogens (tertiary/aromatic N) is 1. The van der Waals surface area contributed by atoms with Crippen molar-refractivity contribution in [2.24, 2.45) is 0 Å². The summed E-state index contributed by atoms with van der Waals surface area (Å²) in [4.78, 5) is 26.8. The average molecular weight is 330 g/mol. The second kappa shape index (κ2) is 6.19. The van der Waals surface area contributed by atoms with Crippen molar-refractivity contribution in [2.45, 2.75) is 6.92 Å². The summed E-state index contributed by atoms with van der Waals surface area (Å²) in [6.45, 7) is 1.78. The number of carbonyl (C=O) groups is 1. The molecule has 0 saturated carbocycles. The van der Waals surface area contributed by atoms with E-state index in [1.54, 1.807) is 31.2 Å². The highest BCUT2D eigenvalue weighted by atomic mass is 19.1. The molecule has 0 unspecified atom stereocenters. The van der Waals surface area contributed by atoms with Gasteiger partial charge in [-0.2, -0.15) is 0 Å². The highest BCUT2D eigenvalue weighted by molar-refractivity contribution is 5.89. The first-order chi connectivity index (χ1) is 11.6. The number of methoxy groups -OCH3 is 1. The summed E-state index contributed by atoms with van der Waals surface area (Å²) < 4.78 is 25.7. The average Bonchev–Trinajstić information content (AvgIpc) is 2.93. The molecule has 0 aliphatic rings. The molecule has 1 N–H and O–H groups in total. The molecular formula is C17H15FN2O4. The minimum absolute atomic E-state index is 0.0223. The Morgan fingerprint density at radius 3 is 2.88 bits per heavy atom. The Hall–Kier alpha value is -3.09. The van der Waals surface area contributed by atoms with E-state index in [0.717, 1.165) is 10.6 Å². The number of hydrogen-bond acceptors (Lipinski definition) is 4. The fourth-order valence-corrected chi connectivity index (χ4v) is 2.46. The Bertz CT molecular complexity index is 974. The van der Waals surface area contributed by atoms with Gasteiger partial charge in [0, 0.05) is 18.0 Å². The molecule has 0 radical (unpaired) electrons. The minimum Gasteiger partial charge on any atom is -0.497 e. The molecule has 2 heterocycles. The Morgan fingerprint density at radius 2 is 2.17 bits per heavy atom. The number of nitrogens with one attached hydrogen (secondary N) is 1. The maximum atomic E-state index is 14.7. The molecule has 2 aromatic heterocycles. The highest BCUT2D eigenvalue weighted by Crippen LogP contribution is 2.28. The van der Waals surface area contributed by atoms with Crippen molar-refractivity contribution in [3.05, 3.63) is 58.4 Å². The van der Waals surface area contributed by atoms with Gasteiger partial charge in [0.15, 0.2) is 11.5 Å². The summed E-state index contributed by atoms with van der Waals surface area (Å²) in [6.07, 6.45) is 2.51. The second-order valence-corrected chi connectivity index (χ2v) is 5.04. The van der Waals surface area contributed by atoms with Crippen molar-refractivity contribution in [2.75, 3.05) is 13.7 Å². The SMILES string of the molecule is CCOC(=O)c1c[nH]c2c(F)c(-c3cccc(OC)c3)cn2c1=O. The molecule has 3 rings (SSSR count). The van der Waals surface area contributed by atoms with Crippen LogP contribution < -0.4 is 10.3 Å². The largest absolute Gasteiger partial charge is 0.497 e. The predicted molar refractivity (Wildman–Crippen MR) is 85.9 cm³/mol. The Kier molecular flexibility index (Phi) is 4.07. The molecular weight excluding hydrogens is 315 g/mol. The van der Waals surface area contributed by atoms with Gasteiger partial charge >= 0.3 is 5.97 Å². The van der Waals surface area contributed by atoms with E-state index in [4.69, 9.17) is 9.47 Å². The molecule has 24 heavy (non-hydrogen) atoms. The number of benzene rings is 1. The van der Waals surface area contributed by atoms with E-state index < -0.39 is 17.3 Å². The highest BCUT2D eigenvalue weighted by Gasteiger charge is 2.19. The van der Waals surface area contributed by atoms with Gasteiger partial charge in [-0.15, -0.1) is 0 Å². The van der Waals surface area contributed by atoms with Crippen LogP contribution in [0.3, 0.4) is 0 Å². The molecule has 0 atom stereocenters. The fraction of sp³-hybridized carbons (Fsp3) is 0.176. The summed E-state index contributed by atoms with van der Waals surface area (Å²) in [5, 5.41) is 0. The lowest BCUT2D eigenvalue weighted by Crippen LogP contribution is -2.23. The monoisotopic (exact) mass is 330 g/mol. The molecule has 0 bridgehead atoms. The first kappa shape index (κ1) is 15.8. The molecule has 0 saturated heterocycles. The van der Waals surface area contributed by atoms with Crippen LogP contribution in [0.2, 0.25) is 0 Å². The van der Waals surface area contributed by atoms with Gasteiger partial charge in [-0.3, -0.25) is 9.20 Å². The van der Waals surface area contributed by atoms with Crippen LogP contribution in [0.25, 0.3) is 16.8 Å². The lowest BCUT2D eigenvalue weighted by molar-refractivity contribution is 0.0523. The van der Waals surface area contributed by atoms with Crippen LogP contribution in [0.5, 0.6) is 5.75 Å². The number of rotatable bonds is 4. The molecule has 6 nitrogen and oxygen atoms in total. The van der Waals surface area contributed by atoms with Gasteiger partial charge in [0.2, 0.25) is 0 Å². The van der Waals surface area contributed by atoms with Crippen molar-refractivity contribution < 1.29 is 18.7 Å². The van der Waals surface area contributed by atoms with Crippen molar-refractivity contribution in [1.82, 2.24) is 9.38 Å². The third-order valence-corrected chi connectivity index (χ3v) is 3.62. The Labute approximate surface area is 136 Å².